The summed E-state index contributed by atoms with van der Waals surface area (Å²) < 4.78 is 0. The molecular formula is C16H31B. The molecule has 0 aromatic rings. The topological polar surface area (TPSA) is 0 Å². The summed E-state index contributed by atoms with van der Waals surface area (Å²) in [6.45, 7) is 6.93. The normalized spacial score (nSPS) is 28.6. The van der Waals surface area contributed by atoms with E-state index >= 15 is 0 Å². The van der Waals surface area contributed by atoms with Crippen LogP contribution < -0.4 is 0 Å². The lowest BCUT2D eigenvalue weighted by molar-refractivity contribution is 0.324. The fraction of sp³-hybridized carbons (Fsp3) is 0.875. The molecule has 4 atom stereocenters. The van der Waals surface area contributed by atoms with Gasteiger partial charge in [-0.1, -0.05) is 57.5 Å². The Labute approximate surface area is 110 Å². The van der Waals surface area contributed by atoms with Gasteiger partial charge in [-0.05, 0) is 43.9 Å². The molecule has 0 aromatic heterocycles. The van der Waals surface area contributed by atoms with Crippen LogP contribution in [0.3, 0.4) is 0 Å². The van der Waals surface area contributed by atoms with Crippen molar-refractivity contribution < 1.29 is 0 Å². The molecule has 0 radical (unpaired) electrons. The molecule has 0 aliphatic heterocycles. The Hall–Kier alpha value is -0.195. The fourth-order valence-electron chi connectivity index (χ4n) is 3.39. The van der Waals surface area contributed by atoms with Gasteiger partial charge in [0.1, 0.15) is 7.85 Å². The number of hydrogen-bond donors (Lipinski definition) is 0. The van der Waals surface area contributed by atoms with Crippen molar-refractivity contribution in [3.8, 4) is 0 Å². The third-order valence-corrected chi connectivity index (χ3v) is 4.88. The minimum absolute atomic E-state index is 0.898. The summed E-state index contributed by atoms with van der Waals surface area (Å²) in [6, 6.07) is 0. The molecule has 0 nitrogen and oxygen atoms in total. The molecule has 1 aliphatic carbocycles. The zero-order valence-electron chi connectivity index (χ0n) is 12.4. The highest BCUT2D eigenvalue weighted by atomic mass is 14.3. The van der Waals surface area contributed by atoms with E-state index in [1.54, 1.807) is 0 Å². The van der Waals surface area contributed by atoms with Crippen LogP contribution in [0, 0.1) is 17.8 Å². The number of unbranched alkanes of at least 4 members (excludes halogenated alkanes) is 1. The predicted octanol–water partition coefficient (Wildman–Crippen LogP) is 4.62. The second kappa shape index (κ2) is 8.00. The molecule has 0 N–H and O–H groups in total. The van der Waals surface area contributed by atoms with E-state index < -0.39 is 0 Å². The second-order valence-electron chi connectivity index (χ2n) is 6.23. The smallest absolute Gasteiger partial charge is 0.0917 e. The van der Waals surface area contributed by atoms with Crippen LogP contribution in [0.25, 0.3) is 0 Å². The molecule has 0 aromatic carbocycles. The first-order chi connectivity index (χ1) is 8.19. The molecule has 1 saturated carbocycles. The molecule has 1 fully saturated rings. The molecule has 0 heterocycles. The lowest BCUT2D eigenvalue weighted by Crippen LogP contribution is -2.10. The first-order valence-electron chi connectivity index (χ1n) is 7.80. The maximum atomic E-state index is 2.49. The van der Waals surface area contributed by atoms with Gasteiger partial charge in [0, 0.05) is 0 Å². The van der Waals surface area contributed by atoms with Crippen LogP contribution in [-0.4, -0.2) is 7.85 Å². The summed E-state index contributed by atoms with van der Waals surface area (Å²) in [5.74, 6) is 3.89. The molecule has 98 valence electrons. The molecule has 1 aliphatic rings. The molecular weight excluding hydrogens is 203 g/mol. The van der Waals surface area contributed by atoms with Crippen molar-refractivity contribution in [1.29, 1.82) is 0 Å². The van der Waals surface area contributed by atoms with E-state index in [0.29, 0.717) is 0 Å². The van der Waals surface area contributed by atoms with E-state index in [2.05, 4.69) is 40.8 Å². The quantitative estimate of drug-likeness (QED) is 0.445. The van der Waals surface area contributed by atoms with Crippen molar-refractivity contribution in [2.75, 3.05) is 0 Å². The van der Waals surface area contributed by atoms with Gasteiger partial charge in [0.15, 0.2) is 0 Å². The Balaban J connectivity index is 2.30. The van der Waals surface area contributed by atoms with Gasteiger partial charge in [-0.15, -0.1) is 0 Å². The minimum Gasteiger partial charge on any atom is -0.0917 e. The van der Waals surface area contributed by atoms with Crippen LogP contribution in [0.2, 0.25) is 5.82 Å². The average molecular weight is 234 g/mol. The highest BCUT2D eigenvalue weighted by molar-refractivity contribution is 6.11. The van der Waals surface area contributed by atoms with Gasteiger partial charge < -0.3 is 0 Å². The van der Waals surface area contributed by atoms with Crippen LogP contribution in [0.4, 0.5) is 0 Å². The Morgan fingerprint density at radius 2 is 2.00 bits per heavy atom. The van der Waals surface area contributed by atoms with Gasteiger partial charge in [-0.3, -0.25) is 0 Å². The highest BCUT2D eigenvalue weighted by Crippen LogP contribution is 2.43. The number of hydrogen-bond acceptors (Lipinski definition) is 0. The Kier molecular flexibility index (Phi) is 7.00. The van der Waals surface area contributed by atoms with Gasteiger partial charge in [0.25, 0.3) is 0 Å². The van der Waals surface area contributed by atoms with Crippen LogP contribution in [0.5, 0.6) is 0 Å². The molecule has 17 heavy (non-hydrogen) atoms. The molecule has 1 rings (SSSR count). The maximum Gasteiger partial charge on any atom is 0.106 e. The Bertz CT molecular complexity index is 222. The molecule has 1 heteroatoms. The van der Waals surface area contributed by atoms with E-state index in [4.69, 9.17) is 0 Å². The maximum absolute atomic E-state index is 2.49. The minimum atomic E-state index is 0.898. The van der Waals surface area contributed by atoms with Gasteiger partial charge in [0.2, 0.25) is 0 Å². The molecule has 0 amide bonds. The van der Waals surface area contributed by atoms with Crippen LogP contribution in [-0.2, 0) is 0 Å². The van der Waals surface area contributed by atoms with Gasteiger partial charge in [0.05, 0.1) is 0 Å². The second-order valence-corrected chi connectivity index (χ2v) is 6.23. The van der Waals surface area contributed by atoms with E-state index in [1.165, 1.54) is 44.9 Å². The number of rotatable bonds is 7. The third kappa shape index (κ3) is 4.90. The van der Waals surface area contributed by atoms with Gasteiger partial charge in [-0.25, -0.2) is 0 Å². The lowest BCUT2D eigenvalue weighted by atomic mass is 9.72. The Morgan fingerprint density at radius 1 is 1.29 bits per heavy atom. The van der Waals surface area contributed by atoms with E-state index in [-0.39, 0.29) is 0 Å². The first-order valence-corrected chi connectivity index (χ1v) is 7.80. The van der Waals surface area contributed by atoms with E-state index in [0.717, 1.165) is 23.6 Å². The zero-order chi connectivity index (χ0) is 12.7. The number of allylic oxidation sites excluding steroid dienone is 2. The van der Waals surface area contributed by atoms with E-state index in [1.807, 2.05) is 0 Å². The van der Waals surface area contributed by atoms with Crippen LogP contribution in [0.15, 0.2) is 12.2 Å². The van der Waals surface area contributed by atoms with Gasteiger partial charge in [-0.2, -0.15) is 0 Å². The summed E-state index contributed by atoms with van der Waals surface area (Å²) in [7, 11) is 2.45. The summed E-state index contributed by atoms with van der Waals surface area (Å²) in [4.78, 5) is 0. The monoisotopic (exact) mass is 234 g/mol. The zero-order valence-corrected chi connectivity index (χ0v) is 12.4. The summed E-state index contributed by atoms with van der Waals surface area (Å²) in [6.07, 6.45) is 14.6. The van der Waals surface area contributed by atoms with Crippen molar-refractivity contribution in [3.05, 3.63) is 12.2 Å². The fourth-order valence-corrected chi connectivity index (χ4v) is 3.39. The predicted molar refractivity (Wildman–Crippen MR) is 81.2 cm³/mol. The van der Waals surface area contributed by atoms with Crippen molar-refractivity contribution in [1.82, 2.24) is 0 Å². The third-order valence-electron chi connectivity index (χ3n) is 4.88. The van der Waals surface area contributed by atoms with Crippen molar-refractivity contribution >= 4 is 7.85 Å². The standard InChI is InChI=1S/C16H31B/c1-4-6-8-13(3)14-10-11-15(12-14)16(17)9-7-5-2/h5,7,13-16H,4,6,8-12,17H2,1-3H3/b7-5-. The largest absolute Gasteiger partial charge is 0.106 e. The highest BCUT2D eigenvalue weighted by Gasteiger charge is 2.30. The summed E-state index contributed by atoms with van der Waals surface area (Å²) >= 11 is 0. The van der Waals surface area contributed by atoms with Crippen molar-refractivity contribution in [2.24, 2.45) is 17.8 Å². The molecule has 0 bridgehead atoms. The summed E-state index contributed by atoms with van der Waals surface area (Å²) in [5.41, 5.74) is 0. The van der Waals surface area contributed by atoms with Crippen LogP contribution in [0.1, 0.15) is 65.7 Å². The van der Waals surface area contributed by atoms with E-state index in [9.17, 15) is 0 Å². The molecule has 4 unspecified atom stereocenters. The first kappa shape index (κ1) is 14.9. The SMILES string of the molecule is BC(C/C=C\C)C1CCC(C(C)CCCC)C1. The van der Waals surface area contributed by atoms with Crippen molar-refractivity contribution in [2.45, 2.75) is 71.5 Å². The molecule has 0 spiro atoms. The van der Waals surface area contributed by atoms with Crippen LogP contribution >= 0.6 is 0 Å². The lowest BCUT2D eigenvalue weighted by Gasteiger charge is -2.21. The molecule has 0 saturated heterocycles. The van der Waals surface area contributed by atoms with Gasteiger partial charge >= 0.3 is 0 Å². The average Bonchev–Trinajstić information content (AvgIpc) is 2.82. The Morgan fingerprint density at radius 3 is 2.65 bits per heavy atom. The summed E-state index contributed by atoms with van der Waals surface area (Å²) in [5, 5.41) is 0. The van der Waals surface area contributed by atoms with Crippen molar-refractivity contribution in [3.63, 3.8) is 0 Å².